The first-order valence-electron chi connectivity index (χ1n) is 4.43. The summed E-state index contributed by atoms with van der Waals surface area (Å²) in [6, 6.07) is 0.0700. The van der Waals surface area contributed by atoms with Gasteiger partial charge >= 0.3 is 0 Å². The molecule has 0 saturated carbocycles. The molecular formula is C9H16N2OS. The molecule has 2 unspecified atom stereocenters. The third-order valence-electron chi connectivity index (χ3n) is 1.92. The molecule has 1 aromatic heterocycles. The average molecular weight is 200 g/mol. The molecule has 2 N–H and O–H groups in total. The first-order valence-corrected chi connectivity index (χ1v) is 5.24. The molecule has 0 radical (unpaired) electrons. The summed E-state index contributed by atoms with van der Waals surface area (Å²) in [5, 5.41) is 1.03. The summed E-state index contributed by atoms with van der Waals surface area (Å²) in [7, 11) is 1.71. The van der Waals surface area contributed by atoms with Crippen molar-refractivity contribution in [1.29, 1.82) is 0 Å². The summed E-state index contributed by atoms with van der Waals surface area (Å²) in [4.78, 5) is 5.41. The third-order valence-corrected chi connectivity index (χ3v) is 3.21. The number of rotatable bonds is 4. The number of aromatic nitrogens is 1. The summed E-state index contributed by atoms with van der Waals surface area (Å²) >= 11 is 1.64. The molecule has 1 rings (SSSR count). The van der Waals surface area contributed by atoms with E-state index >= 15 is 0 Å². The third kappa shape index (κ3) is 2.49. The highest BCUT2D eigenvalue weighted by molar-refractivity contribution is 7.11. The van der Waals surface area contributed by atoms with Gasteiger partial charge in [0.2, 0.25) is 0 Å². The minimum atomic E-state index is 0.0700. The van der Waals surface area contributed by atoms with Crippen LogP contribution in [0.3, 0.4) is 0 Å². The van der Waals surface area contributed by atoms with E-state index in [1.54, 1.807) is 18.4 Å². The van der Waals surface area contributed by atoms with Crippen LogP contribution in [0.15, 0.2) is 6.20 Å². The lowest BCUT2D eigenvalue weighted by Crippen LogP contribution is -2.01. The Morgan fingerprint density at radius 3 is 2.77 bits per heavy atom. The maximum atomic E-state index is 5.74. The van der Waals surface area contributed by atoms with Crippen LogP contribution in [-0.2, 0) is 4.74 Å². The Labute approximate surface area is 82.9 Å². The molecule has 1 heterocycles. The van der Waals surface area contributed by atoms with E-state index in [0.717, 1.165) is 16.3 Å². The lowest BCUT2D eigenvalue weighted by molar-refractivity contribution is 0.0998. The van der Waals surface area contributed by atoms with Crippen LogP contribution in [0.5, 0.6) is 0 Å². The zero-order valence-corrected chi connectivity index (χ0v) is 9.10. The monoisotopic (exact) mass is 200 g/mol. The number of thiazole rings is 1. The second-order valence-corrected chi connectivity index (χ2v) is 4.12. The molecule has 0 aromatic carbocycles. The van der Waals surface area contributed by atoms with Crippen molar-refractivity contribution in [2.45, 2.75) is 32.4 Å². The predicted molar refractivity (Wildman–Crippen MR) is 54.8 cm³/mol. The fourth-order valence-corrected chi connectivity index (χ4v) is 2.13. The van der Waals surface area contributed by atoms with Crippen molar-refractivity contribution in [1.82, 2.24) is 4.98 Å². The van der Waals surface area contributed by atoms with Gasteiger partial charge in [0.05, 0.1) is 0 Å². The summed E-state index contributed by atoms with van der Waals surface area (Å²) in [6.07, 6.45) is 2.91. The van der Waals surface area contributed by atoms with Crippen molar-refractivity contribution in [3.8, 4) is 0 Å². The highest BCUT2D eigenvalue weighted by Crippen LogP contribution is 2.27. The van der Waals surface area contributed by atoms with E-state index in [0.29, 0.717) is 0 Å². The van der Waals surface area contributed by atoms with Crippen LogP contribution in [0.1, 0.15) is 42.3 Å². The number of hydrogen-bond donors (Lipinski definition) is 1. The van der Waals surface area contributed by atoms with Crippen LogP contribution in [0, 0.1) is 0 Å². The summed E-state index contributed by atoms with van der Waals surface area (Å²) in [5.74, 6) is 0. The standard InChI is InChI=1S/C9H16N2OS/c1-4-7(12-3)9-11-5-8(13-9)6(2)10/h5-7H,4,10H2,1-3H3. The van der Waals surface area contributed by atoms with Crippen molar-refractivity contribution in [3.63, 3.8) is 0 Å². The van der Waals surface area contributed by atoms with E-state index in [-0.39, 0.29) is 12.1 Å². The molecule has 0 spiro atoms. The first kappa shape index (κ1) is 10.6. The average Bonchev–Trinajstić information content (AvgIpc) is 2.56. The van der Waals surface area contributed by atoms with Crippen molar-refractivity contribution in [2.24, 2.45) is 5.73 Å². The molecule has 3 nitrogen and oxygen atoms in total. The Kier molecular flexibility index (Phi) is 3.84. The molecule has 0 fully saturated rings. The first-order chi connectivity index (χ1) is 6.19. The molecule has 0 aliphatic rings. The Hall–Kier alpha value is -0.450. The zero-order valence-electron chi connectivity index (χ0n) is 8.28. The highest BCUT2D eigenvalue weighted by atomic mass is 32.1. The van der Waals surface area contributed by atoms with Crippen molar-refractivity contribution in [2.75, 3.05) is 7.11 Å². The van der Waals surface area contributed by atoms with E-state index in [2.05, 4.69) is 11.9 Å². The van der Waals surface area contributed by atoms with Gasteiger partial charge in [-0.25, -0.2) is 4.98 Å². The largest absolute Gasteiger partial charge is 0.374 e. The molecule has 0 aliphatic carbocycles. The van der Waals surface area contributed by atoms with Gasteiger partial charge in [0, 0.05) is 24.2 Å². The molecule has 0 bridgehead atoms. The fraction of sp³-hybridized carbons (Fsp3) is 0.667. The van der Waals surface area contributed by atoms with Crippen molar-refractivity contribution in [3.05, 3.63) is 16.1 Å². The number of hydrogen-bond acceptors (Lipinski definition) is 4. The number of ether oxygens (including phenoxy) is 1. The van der Waals surface area contributed by atoms with Crippen LogP contribution in [0.2, 0.25) is 0 Å². The second-order valence-electron chi connectivity index (χ2n) is 3.02. The van der Waals surface area contributed by atoms with Gasteiger partial charge in [-0.3, -0.25) is 0 Å². The summed E-state index contributed by atoms with van der Waals surface area (Å²) in [6.45, 7) is 4.05. The van der Waals surface area contributed by atoms with E-state index in [1.807, 2.05) is 13.1 Å². The van der Waals surface area contributed by atoms with Crippen LogP contribution in [-0.4, -0.2) is 12.1 Å². The van der Waals surface area contributed by atoms with Gasteiger partial charge in [-0.15, -0.1) is 11.3 Å². The van der Waals surface area contributed by atoms with E-state index < -0.39 is 0 Å². The lowest BCUT2D eigenvalue weighted by atomic mass is 10.3. The number of nitrogens with zero attached hydrogens (tertiary/aromatic N) is 1. The fourth-order valence-electron chi connectivity index (χ4n) is 1.10. The normalized spacial score (nSPS) is 15.7. The molecule has 0 aliphatic heterocycles. The van der Waals surface area contributed by atoms with E-state index in [4.69, 9.17) is 10.5 Å². The molecule has 4 heteroatoms. The minimum absolute atomic E-state index is 0.0700. The Morgan fingerprint density at radius 1 is 1.69 bits per heavy atom. The minimum Gasteiger partial charge on any atom is -0.374 e. The van der Waals surface area contributed by atoms with E-state index in [1.165, 1.54) is 0 Å². The van der Waals surface area contributed by atoms with Crippen molar-refractivity contribution < 1.29 is 4.74 Å². The van der Waals surface area contributed by atoms with Crippen LogP contribution < -0.4 is 5.73 Å². The van der Waals surface area contributed by atoms with Gasteiger partial charge in [-0.05, 0) is 13.3 Å². The Balaban J connectivity index is 2.78. The molecule has 1 aromatic rings. The zero-order chi connectivity index (χ0) is 9.84. The SMILES string of the molecule is CCC(OC)c1ncc(C(C)N)s1. The number of nitrogens with two attached hydrogens (primary N) is 1. The predicted octanol–water partition coefficient (Wildman–Crippen LogP) is 2.26. The van der Waals surface area contributed by atoms with Gasteiger partial charge in [0.15, 0.2) is 0 Å². The molecule has 2 atom stereocenters. The lowest BCUT2D eigenvalue weighted by Gasteiger charge is -2.08. The molecule has 13 heavy (non-hydrogen) atoms. The molecular weight excluding hydrogens is 184 g/mol. The van der Waals surface area contributed by atoms with Gasteiger partial charge in [0.1, 0.15) is 11.1 Å². The van der Waals surface area contributed by atoms with Gasteiger partial charge < -0.3 is 10.5 Å². The maximum absolute atomic E-state index is 5.74. The second kappa shape index (κ2) is 4.69. The number of methoxy groups -OCH3 is 1. The molecule has 0 saturated heterocycles. The Morgan fingerprint density at radius 2 is 2.38 bits per heavy atom. The van der Waals surface area contributed by atoms with Gasteiger partial charge in [-0.2, -0.15) is 0 Å². The summed E-state index contributed by atoms with van der Waals surface area (Å²) in [5.41, 5.74) is 5.74. The summed E-state index contributed by atoms with van der Waals surface area (Å²) < 4.78 is 5.29. The van der Waals surface area contributed by atoms with Crippen LogP contribution >= 0.6 is 11.3 Å². The molecule has 74 valence electrons. The smallest absolute Gasteiger partial charge is 0.122 e. The topological polar surface area (TPSA) is 48.1 Å². The van der Waals surface area contributed by atoms with E-state index in [9.17, 15) is 0 Å². The quantitative estimate of drug-likeness (QED) is 0.811. The Bertz CT molecular complexity index is 256. The van der Waals surface area contributed by atoms with Gasteiger partial charge in [0.25, 0.3) is 0 Å². The molecule has 0 amide bonds. The van der Waals surface area contributed by atoms with Crippen molar-refractivity contribution >= 4 is 11.3 Å². The maximum Gasteiger partial charge on any atom is 0.122 e. The van der Waals surface area contributed by atoms with Crippen LogP contribution in [0.25, 0.3) is 0 Å². The van der Waals surface area contributed by atoms with Crippen LogP contribution in [0.4, 0.5) is 0 Å². The highest BCUT2D eigenvalue weighted by Gasteiger charge is 2.13. The van der Waals surface area contributed by atoms with Gasteiger partial charge in [-0.1, -0.05) is 6.92 Å².